The van der Waals surface area contributed by atoms with Gasteiger partial charge in [-0.25, -0.2) is 4.79 Å². The first-order chi connectivity index (χ1) is 10.0. The summed E-state index contributed by atoms with van der Waals surface area (Å²) >= 11 is 0. The second-order valence-electron chi connectivity index (χ2n) is 4.67. The Morgan fingerprint density at radius 1 is 1.48 bits per heavy atom. The van der Waals surface area contributed by atoms with Crippen molar-refractivity contribution in [1.29, 1.82) is 0 Å². The highest BCUT2D eigenvalue weighted by Gasteiger charge is 2.26. The predicted octanol–water partition coefficient (Wildman–Crippen LogP) is 0.663. The van der Waals surface area contributed by atoms with E-state index < -0.39 is 12.0 Å². The van der Waals surface area contributed by atoms with Gasteiger partial charge in [0.25, 0.3) is 0 Å². The van der Waals surface area contributed by atoms with Crippen molar-refractivity contribution in [3.8, 4) is 0 Å². The van der Waals surface area contributed by atoms with E-state index in [0.717, 1.165) is 0 Å². The molecule has 1 aromatic rings. The van der Waals surface area contributed by atoms with Gasteiger partial charge in [-0.3, -0.25) is 14.9 Å². The lowest BCUT2D eigenvalue weighted by molar-refractivity contribution is -0.133. The molecule has 0 bridgehead atoms. The Bertz CT molecular complexity index is 586. The van der Waals surface area contributed by atoms with Crippen LogP contribution in [-0.2, 0) is 14.3 Å². The Labute approximate surface area is 121 Å². The summed E-state index contributed by atoms with van der Waals surface area (Å²) in [6.45, 7) is 1.96. The van der Waals surface area contributed by atoms with E-state index in [0.29, 0.717) is 17.8 Å². The molecule has 7 nitrogen and oxygen atoms in total. The van der Waals surface area contributed by atoms with Crippen LogP contribution in [0.25, 0.3) is 0 Å². The van der Waals surface area contributed by atoms with Crippen molar-refractivity contribution < 1.29 is 19.1 Å². The van der Waals surface area contributed by atoms with Gasteiger partial charge in [-0.1, -0.05) is 0 Å². The van der Waals surface area contributed by atoms with Crippen LogP contribution in [0.1, 0.15) is 30.1 Å². The molecule has 2 rings (SSSR count). The van der Waals surface area contributed by atoms with Crippen molar-refractivity contribution in [3.63, 3.8) is 0 Å². The van der Waals surface area contributed by atoms with Gasteiger partial charge in [0.1, 0.15) is 6.04 Å². The van der Waals surface area contributed by atoms with Gasteiger partial charge in [0.15, 0.2) is 0 Å². The van der Waals surface area contributed by atoms with E-state index in [1.165, 1.54) is 6.07 Å². The van der Waals surface area contributed by atoms with E-state index in [4.69, 9.17) is 10.5 Å². The molecular formula is C14H17N3O4. The summed E-state index contributed by atoms with van der Waals surface area (Å²) in [5, 5.41) is 5.25. The summed E-state index contributed by atoms with van der Waals surface area (Å²) < 4.78 is 4.92. The molecule has 4 N–H and O–H groups in total. The number of ether oxygens (including phenoxy) is 1. The molecular weight excluding hydrogens is 274 g/mol. The maximum atomic E-state index is 11.8. The molecule has 7 heteroatoms. The number of nitrogens with two attached hydrogens (primary N) is 1. The van der Waals surface area contributed by atoms with Crippen LogP contribution in [0.2, 0.25) is 0 Å². The van der Waals surface area contributed by atoms with Crippen molar-refractivity contribution in [2.45, 2.75) is 25.8 Å². The molecule has 1 unspecified atom stereocenters. The minimum absolute atomic E-state index is 0.245. The van der Waals surface area contributed by atoms with Crippen LogP contribution in [0.4, 0.5) is 11.4 Å². The van der Waals surface area contributed by atoms with Crippen LogP contribution < -0.4 is 16.4 Å². The zero-order valence-electron chi connectivity index (χ0n) is 11.6. The maximum Gasteiger partial charge on any atom is 0.340 e. The quantitative estimate of drug-likeness (QED) is 0.427. The molecule has 0 aromatic heterocycles. The molecule has 1 atom stereocenters. The number of hydrogen-bond acceptors (Lipinski definition) is 6. The third-order valence-corrected chi connectivity index (χ3v) is 3.13. The minimum atomic E-state index is -0.513. The second kappa shape index (κ2) is 6.25. The largest absolute Gasteiger partial charge is 0.462 e. The van der Waals surface area contributed by atoms with Gasteiger partial charge in [-0.15, -0.1) is 0 Å². The van der Waals surface area contributed by atoms with Crippen LogP contribution in [-0.4, -0.2) is 30.4 Å². The number of nitrogens with one attached hydrogen (secondary N) is 2. The average molecular weight is 291 g/mol. The third kappa shape index (κ3) is 3.50. The molecule has 1 aliphatic heterocycles. The summed E-state index contributed by atoms with van der Waals surface area (Å²) in [7, 11) is 0. The van der Waals surface area contributed by atoms with Crippen molar-refractivity contribution in [2.24, 2.45) is 0 Å². The van der Waals surface area contributed by atoms with Crippen molar-refractivity contribution in [1.82, 2.24) is 5.32 Å². The number of nitrogen functional groups attached to an aromatic ring is 1. The molecule has 112 valence electrons. The van der Waals surface area contributed by atoms with Gasteiger partial charge in [-0.2, -0.15) is 0 Å². The molecule has 1 heterocycles. The molecule has 0 radical (unpaired) electrons. The topological polar surface area (TPSA) is 111 Å². The number of anilines is 2. The first kappa shape index (κ1) is 14.8. The third-order valence-electron chi connectivity index (χ3n) is 3.13. The lowest BCUT2D eigenvalue weighted by Gasteiger charge is -2.23. The molecule has 0 saturated carbocycles. The molecule has 1 aliphatic rings. The van der Waals surface area contributed by atoms with Gasteiger partial charge in [0.2, 0.25) is 11.8 Å². The minimum Gasteiger partial charge on any atom is -0.462 e. The Balaban J connectivity index is 2.14. The zero-order valence-corrected chi connectivity index (χ0v) is 11.6. The fraction of sp³-hybridized carbons (Fsp3) is 0.357. The maximum absolute atomic E-state index is 11.8. The number of carbonyl (C=O) groups excluding carboxylic acids is 3. The molecule has 21 heavy (non-hydrogen) atoms. The number of benzene rings is 1. The standard InChI is InChI=1S/C14H17N3O4/c1-2-21-14(20)9-7-8(3-4-10(9)15)16-11-5-6-12(18)17-13(11)19/h3-4,7,11,16H,2,5-6,15H2,1H3,(H,17,18,19). The number of piperidine rings is 1. The Morgan fingerprint density at radius 3 is 2.90 bits per heavy atom. The summed E-state index contributed by atoms with van der Waals surface area (Å²) in [5.41, 5.74) is 6.87. The summed E-state index contributed by atoms with van der Waals surface area (Å²) in [6, 6.07) is 4.26. The van der Waals surface area contributed by atoms with Gasteiger partial charge in [0, 0.05) is 17.8 Å². The van der Waals surface area contributed by atoms with Crippen LogP contribution >= 0.6 is 0 Å². The highest BCUT2D eigenvalue weighted by atomic mass is 16.5. The van der Waals surface area contributed by atoms with Crippen LogP contribution in [0, 0.1) is 0 Å². The first-order valence-electron chi connectivity index (χ1n) is 6.68. The van der Waals surface area contributed by atoms with E-state index in [9.17, 15) is 14.4 Å². The van der Waals surface area contributed by atoms with Crippen molar-refractivity contribution in [3.05, 3.63) is 23.8 Å². The van der Waals surface area contributed by atoms with Crippen LogP contribution in [0.3, 0.4) is 0 Å². The van der Waals surface area contributed by atoms with Gasteiger partial charge in [-0.05, 0) is 31.5 Å². The van der Waals surface area contributed by atoms with E-state index >= 15 is 0 Å². The normalized spacial score (nSPS) is 18.0. The van der Waals surface area contributed by atoms with E-state index in [2.05, 4.69) is 10.6 Å². The summed E-state index contributed by atoms with van der Waals surface area (Å²) in [6.07, 6.45) is 0.687. The number of carbonyl (C=O) groups is 3. The Hall–Kier alpha value is -2.57. The molecule has 0 aliphatic carbocycles. The lowest BCUT2D eigenvalue weighted by atomic mass is 10.1. The van der Waals surface area contributed by atoms with E-state index in [1.54, 1.807) is 19.1 Å². The van der Waals surface area contributed by atoms with Crippen LogP contribution in [0.5, 0.6) is 0 Å². The highest BCUT2D eigenvalue weighted by Crippen LogP contribution is 2.21. The molecule has 1 fully saturated rings. The number of amides is 2. The smallest absolute Gasteiger partial charge is 0.340 e. The average Bonchev–Trinajstić information content (AvgIpc) is 2.44. The Morgan fingerprint density at radius 2 is 2.24 bits per heavy atom. The van der Waals surface area contributed by atoms with Crippen LogP contribution in [0.15, 0.2) is 18.2 Å². The van der Waals surface area contributed by atoms with Crippen molar-refractivity contribution >= 4 is 29.2 Å². The monoisotopic (exact) mass is 291 g/mol. The predicted molar refractivity (Wildman–Crippen MR) is 76.6 cm³/mol. The highest BCUT2D eigenvalue weighted by molar-refractivity contribution is 6.01. The van der Waals surface area contributed by atoms with Gasteiger partial charge >= 0.3 is 5.97 Å². The number of imide groups is 1. The zero-order chi connectivity index (χ0) is 15.4. The number of rotatable bonds is 4. The van der Waals surface area contributed by atoms with E-state index in [-0.39, 0.29) is 30.4 Å². The van der Waals surface area contributed by atoms with Crippen molar-refractivity contribution in [2.75, 3.05) is 17.7 Å². The molecule has 1 aromatic carbocycles. The number of hydrogen-bond donors (Lipinski definition) is 3. The summed E-state index contributed by atoms with van der Waals surface area (Å²) in [5.74, 6) is -1.16. The summed E-state index contributed by atoms with van der Waals surface area (Å²) in [4.78, 5) is 34.5. The van der Waals surface area contributed by atoms with Gasteiger partial charge in [0.05, 0.1) is 12.2 Å². The van der Waals surface area contributed by atoms with Gasteiger partial charge < -0.3 is 15.8 Å². The SMILES string of the molecule is CCOC(=O)c1cc(NC2CCC(=O)NC2=O)ccc1N. The molecule has 2 amide bonds. The lowest BCUT2D eigenvalue weighted by Crippen LogP contribution is -2.47. The fourth-order valence-electron chi connectivity index (χ4n) is 2.06. The Kier molecular flexibility index (Phi) is 4.42. The molecule has 0 spiro atoms. The number of esters is 1. The fourth-order valence-corrected chi connectivity index (χ4v) is 2.06. The second-order valence-corrected chi connectivity index (χ2v) is 4.67. The molecule has 1 saturated heterocycles. The first-order valence-corrected chi connectivity index (χ1v) is 6.68. The van der Waals surface area contributed by atoms with E-state index in [1.807, 2.05) is 0 Å².